The van der Waals surface area contributed by atoms with Gasteiger partial charge in [0.25, 0.3) is 6.43 Å². The number of ether oxygens (including phenoxy) is 1. The summed E-state index contributed by atoms with van der Waals surface area (Å²) in [7, 11) is -4.12. The molecule has 3 rings (SSSR count). The summed E-state index contributed by atoms with van der Waals surface area (Å²) in [5.41, 5.74) is 1.41. The van der Waals surface area contributed by atoms with Crippen molar-refractivity contribution in [3.63, 3.8) is 0 Å². The summed E-state index contributed by atoms with van der Waals surface area (Å²) in [4.78, 5) is -0.0230. The molecular formula is C17H17F2NO3S. The van der Waals surface area contributed by atoms with Gasteiger partial charge in [-0.1, -0.05) is 48.0 Å². The first-order valence-electron chi connectivity index (χ1n) is 7.46. The van der Waals surface area contributed by atoms with E-state index in [4.69, 9.17) is 4.74 Å². The van der Waals surface area contributed by atoms with Gasteiger partial charge in [0.1, 0.15) is 6.04 Å². The number of hydrogen-bond donors (Lipinski definition) is 0. The van der Waals surface area contributed by atoms with Crippen LogP contribution in [0.5, 0.6) is 0 Å². The molecule has 2 unspecified atom stereocenters. The smallest absolute Gasteiger partial charge is 0.257 e. The molecule has 4 nitrogen and oxygen atoms in total. The topological polar surface area (TPSA) is 46.6 Å². The van der Waals surface area contributed by atoms with Crippen LogP contribution in [0.25, 0.3) is 0 Å². The molecule has 1 heterocycles. The lowest BCUT2D eigenvalue weighted by atomic mass is 10.2. The summed E-state index contributed by atoms with van der Waals surface area (Å²) in [6.45, 7) is 1.48. The molecule has 1 aliphatic heterocycles. The van der Waals surface area contributed by atoms with Gasteiger partial charge in [0, 0.05) is 0 Å². The third kappa shape index (κ3) is 3.07. The zero-order chi connectivity index (χ0) is 17.3. The van der Waals surface area contributed by atoms with Crippen LogP contribution in [-0.4, -0.2) is 31.8 Å². The molecule has 1 aliphatic rings. The molecule has 7 heteroatoms. The number of halogens is 2. The number of benzene rings is 2. The molecule has 0 amide bonds. The Labute approximate surface area is 139 Å². The van der Waals surface area contributed by atoms with Gasteiger partial charge in [0.05, 0.1) is 11.5 Å². The van der Waals surface area contributed by atoms with E-state index >= 15 is 0 Å². The van der Waals surface area contributed by atoms with Crippen molar-refractivity contribution in [2.75, 3.05) is 6.61 Å². The van der Waals surface area contributed by atoms with E-state index in [1.807, 2.05) is 6.92 Å². The SMILES string of the molecule is Cc1ccc(S(=O)(=O)N2C(c3ccccc3)OCC2C(F)F)cc1. The van der Waals surface area contributed by atoms with Crippen LogP contribution in [0.4, 0.5) is 8.78 Å². The van der Waals surface area contributed by atoms with E-state index in [0.717, 1.165) is 9.87 Å². The first kappa shape index (κ1) is 17.0. The van der Waals surface area contributed by atoms with Crippen LogP contribution in [0.15, 0.2) is 59.5 Å². The Morgan fingerprint density at radius 2 is 1.71 bits per heavy atom. The molecule has 0 bridgehead atoms. The minimum Gasteiger partial charge on any atom is -0.356 e. The summed E-state index contributed by atoms with van der Waals surface area (Å²) in [6, 6.07) is 13.1. The zero-order valence-electron chi connectivity index (χ0n) is 13.0. The second-order valence-electron chi connectivity index (χ2n) is 5.65. The van der Waals surface area contributed by atoms with Crippen LogP contribution in [-0.2, 0) is 14.8 Å². The molecule has 0 N–H and O–H groups in total. The highest BCUT2D eigenvalue weighted by Gasteiger charge is 2.47. The van der Waals surface area contributed by atoms with Gasteiger partial charge < -0.3 is 4.74 Å². The minimum atomic E-state index is -4.12. The summed E-state index contributed by atoms with van der Waals surface area (Å²) in [5.74, 6) is 0. The molecule has 2 aromatic carbocycles. The maximum atomic E-state index is 13.4. The van der Waals surface area contributed by atoms with Crippen molar-refractivity contribution in [2.45, 2.75) is 30.5 Å². The molecule has 1 fully saturated rings. The summed E-state index contributed by atoms with van der Waals surface area (Å²) in [5, 5.41) is 0. The quantitative estimate of drug-likeness (QED) is 0.847. The van der Waals surface area contributed by atoms with Crippen molar-refractivity contribution in [3.8, 4) is 0 Å². The van der Waals surface area contributed by atoms with Gasteiger partial charge in [-0.25, -0.2) is 17.2 Å². The average molecular weight is 353 g/mol. The fourth-order valence-electron chi connectivity index (χ4n) is 2.69. The highest BCUT2D eigenvalue weighted by molar-refractivity contribution is 7.89. The number of sulfonamides is 1. The second-order valence-corrected chi connectivity index (χ2v) is 7.49. The van der Waals surface area contributed by atoms with Crippen molar-refractivity contribution in [1.82, 2.24) is 4.31 Å². The normalized spacial score (nSPS) is 22.2. The first-order chi connectivity index (χ1) is 11.4. The molecule has 24 heavy (non-hydrogen) atoms. The largest absolute Gasteiger partial charge is 0.356 e. The van der Waals surface area contributed by atoms with Gasteiger partial charge in [-0.05, 0) is 24.6 Å². The summed E-state index contributed by atoms with van der Waals surface area (Å²) in [6.07, 6.45) is -3.89. The number of nitrogens with zero attached hydrogens (tertiary/aromatic N) is 1. The van der Waals surface area contributed by atoms with Crippen LogP contribution >= 0.6 is 0 Å². The van der Waals surface area contributed by atoms with Gasteiger partial charge in [0.2, 0.25) is 10.0 Å². The third-order valence-corrected chi connectivity index (χ3v) is 5.84. The van der Waals surface area contributed by atoms with Gasteiger partial charge in [0.15, 0.2) is 6.23 Å². The molecule has 128 valence electrons. The summed E-state index contributed by atoms with van der Waals surface area (Å²) >= 11 is 0. The van der Waals surface area contributed by atoms with E-state index in [9.17, 15) is 17.2 Å². The maximum Gasteiger partial charge on any atom is 0.257 e. The maximum absolute atomic E-state index is 13.4. The highest BCUT2D eigenvalue weighted by atomic mass is 32.2. The number of alkyl halides is 2. The molecule has 0 radical (unpaired) electrons. The highest BCUT2D eigenvalue weighted by Crippen LogP contribution is 2.38. The van der Waals surface area contributed by atoms with Gasteiger partial charge in [-0.2, -0.15) is 4.31 Å². The molecule has 0 spiro atoms. The molecule has 0 saturated carbocycles. The van der Waals surface area contributed by atoms with Crippen LogP contribution < -0.4 is 0 Å². The van der Waals surface area contributed by atoms with E-state index in [1.165, 1.54) is 12.1 Å². The van der Waals surface area contributed by atoms with E-state index < -0.39 is 28.7 Å². The van der Waals surface area contributed by atoms with Crippen LogP contribution in [0.3, 0.4) is 0 Å². The Hall–Kier alpha value is -1.83. The Morgan fingerprint density at radius 1 is 1.08 bits per heavy atom. The van der Waals surface area contributed by atoms with E-state index in [0.29, 0.717) is 5.56 Å². The fraction of sp³-hybridized carbons (Fsp3) is 0.294. The minimum absolute atomic E-state index is 0.0230. The Morgan fingerprint density at radius 3 is 2.29 bits per heavy atom. The molecule has 2 atom stereocenters. The monoisotopic (exact) mass is 353 g/mol. The van der Waals surface area contributed by atoms with Crippen LogP contribution in [0.1, 0.15) is 17.4 Å². The van der Waals surface area contributed by atoms with Gasteiger partial charge >= 0.3 is 0 Å². The Kier molecular flexibility index (Phi) is 4.67. The van der Waals surface area contributed by atoms with E-state index in [-0.39, 0.29) is 11.5 Å². The van der Waals surface area contributed by atoms with Gasteiger partial charge in [-0.15, -0.1) is 0 Å². The molecular weight excluding hydrogens is 336 g/mol. The third-order valence-electron chi connectivity index (χ3n) is 3.95. The Balaban J connectivity index is 2.06. The zero-order valence-corrected chi connectivity index (χ0v) is 13.8. The van der Waals surface area contributed by atoms with Crippen LogP contribution in [0, 0.1) is 6.92 Å². The molecule has 2 aromatic rings. The molecule has 1 saturated heterocycles. The number of aryl methyl sites for hydroxylation is 1. The lowest BCUT2D eigenvalue weighted by Crippen LogP contribution is -2.42. The second kappa shape index (κ2) is 6.58. The fourth-order valence-corrected chi connectivity index (χ4v) is 4.36. The predicted octanol–water partition coefficient (Wildman–Crippen LogP) is 3.35. The first-order valence-corrected chi connectivity index (χ1v) is 8.90. The number of hydrogen-bond acceptors (Lipinski definition) is 3. The Bertz CT molecular complexity index is 794. The predicted molar refractivity (Wildman–Crippen MR) is 85.1 cm³/mol. The molecule has 0 aliphatic carbocycles. The lowest BCUT2D eigenvalue weighted by molar-refractivity contribution is 0.0630. The average Bonchev–Trinajstić information content (AvgIpc) is 3.02. The van der Waals surface area contributed by atoms with Crippen molar-refractivity contribution >= 4 is 10.0 Å². The van der Waals surface area contributed by atoms with Crippen molar-refractivity contribution in [3.05, 3.63) is 65.7 Å². The molecule has 0 aromatic heterocycles. The van der Waals surface area contributed by atoms with E-state index in [2.05, 4.69) is 0 Å². The van der Waals surface area contributed by atoms with E-state index in [1.54, 1.807) is 42.5 Å². The number of rotatable bonds is 4. The lowest BCUT2D eigenvalue weighted by Gasteiger charge is -2.27. The van der Waals surface area contributed by atoms with Crippen molar-refractivity contribution < 1.29 is 21.9 Å². The standard InChI is InChI=1S/C17H17F2NO3S/c1-12-7-9-14(10-8-12)24(21,22)20-15(16(18)19)11-23-17(20)13-5-3-2-4-6-13/h2-10,15-17H,11H2,1H3. The van der Waals surface area contributed by atoms with Crippen molar-refractivity contribution in [1.29, 1.82) is 0 Å². The van der Waals surface area contributed by atoms with Gasteiger partial charge in [-0.3, -0.25) is 0 Å². The van der Waals surface area contributed by atoms with Crippen LogP contribution in [0.2, 0.25) is 0 Å². The van der Waals surface area contributed by atoms with Crippen molar-refractivity contribution in [2.24, 2.45) is 0 Å². The summed E-state index contributed by atoms with van der Waals surface area (Å²) < 4.78 is 58.9.